The molecule has 16 heavy (non-hydrogen) atoms. The van der Waals surface area contributed by atoms with Crippen LogP contribution in [0.1, 0.15) is 19.3 Å². The Balaban J connectivity index is 1.66. The number of rotatable bonds is 5. The minimum atomic E-state index is 0.765. The van der Waals surface area contributed by atoms with E-state index in [1.807, 2.05) is 12.1 Å². The van der Waals surface area contributed by atoms with Gasteiger partial charge in [0.2, 0.25) is 0 Å². The lowest BCUT2D eigenvalue weighted by molar-refractivity contribution is 0.261. The van der Waals surface area contributed by atoms with Crippen molar-refractivity contribution in [3.8, 4) is 5.75 Å². The quantitative estimate of drug-likeness (QED) is 0.614. The van der Waals surface area contributed by atoms with Gasteiger partial charge in [-0.05, 0) is 60.4 Å². The molecule has 2 heterocycles. The minimum Gasteiger partial charge on any atom is -0.491 e. The summed E-state index contributed by atoms with van der Waals surface area (Å²) in [6, 6.07) is 3.83. The SMILES string of the molecule is Brc1ncccc1OCCCN1CCCC1. The van der Waals surface area contributed by atoms with Crippen LogP contribution in [0, 0.1) is 0 Å². The monoisotopic (exact) mass is 284 g/mol. The number of nitrogens with zero attached hydrogens (tertiary/aromatic N) is 2. The van der Waals surface area contributed by atoms with Crippen LogP contribution in [0.3, 0.4) is 0 Å². The van der Waals surface area contributed by atoms with Crippen molar-refractivity contribution in [2.24, 2.45) is 0 Å². The Bertz CT molecular complexity index is 327. The molecule has 1 saturated heterocycles. The molecule has 0 aliphatic carbocycles. The Morgan fingerprint density at radius 2 is 2.19 bits per heavy atom. The fourth-order valence-corrected chi connectivity index (χ4v) is 2.32. The van der Waals surface area contributed by atoms with E-state index in [4.69, 9.17) is 4.74 Å². The fraction of sp³-hybridized carbons (Fsp3) is 0.583. The molecular weight excluding hydrogens is 268 g/mol. The Labute approximate surface area is 105 Å². The Morgan fingerprint density at radius 1 is 1.38 bits per heavy atom. The molecule has 1 aliphatic rings. The second kappa shape index (κ2) is 6.21. The highest BCUT2D eigenvalue weighted by atomic mass is 79.9. The first-order valence-corrected chi connectivity index (χ1v) is 6.61. The molecule has 0 N–H and O–H groups in total. The van der Waals surface area contributed by atoms with Crippen molar-refractivity contribution in [1.82, 2.24) is 9.88 Å². The third-order valence-electron chi connectivity index (χ3n) is 2.80. The van der Waals surface area contributed by atoms with E-state index in [0.717, 1.165) is 29.9 Å². The number of pyridine rings is 1. The van der Waals surface area contributed by atoms with Gasteiger partial charge in [-0.15, -0.1) is 0 Å². The van der Waals surface area contributed by atoms with E-state index in [-0.39, 0.29) is 0 Å². The van der Waals surface area contributed by atoms with Crippen LogP contribution in [0.25, 0.3) is 0 Å². The lowest BCUT2D eigenvalue weighted by Crippen LogP contribution is -2.21. The summed E-state index contributed by atoms with van der Waals surface area (Å²) in [5.41, 5.74) is 0. The summed E-state index contributed by atoms with van der Waals surface area (Å²) >= 11 is 3.37. The van der Waals surface area contributed by atoms with Gasteiger partial charge in [-0.1, -0.05) is 0 Å². The summed E-state index contributed by atoms with van der Waals surface area (Å²) in [7, 11) is 0. The molecule has 0 amide bonds. The topological polar surface area (TPSA) is 25.4 Å². The maximum absolute atomic E-state index is 5.66. The largest absolute Gasteiger partial charge is 0.491 e. The van der Waals surface area contributed by atoms with Crippen molar-refractivity contribution >= 4 is 15.9 Å². The minimum absolute atomic E-state index is 0.765. The van der Waals surface area contributed by atoms with E-state index in [2.05, 4.69) is 25.8 Å². The van der Waals surface area contributed by atoms with E-state index in [1.54, 1.807) is 6.20 Å². The molecule has 0 radical (unpaired) electrons. The van der Waals surface area contributed by atoms with Crippen LogP contribution in [0.5, 0.6) is 5.75 Å². The highest BCUT2D eigenvalue weighted by molar-refractivity contribution is 9.10. The molecule has 4 heteroatoms. The van der Waals surface area contributed by atoms with Gasteiger partial charge in [-0.2, -0.15) is 0 Å². The normalized spacial score (nSPS) is 16.6. The zero-order valence-electron chi connectivity index (χ0n) is 9.36. The molecule has 1 aromatic heterocycles. The first-order valence-electron chi connectivity index (χ1n) is 5.82. The Morgan fingerprint density at radius 3 is 2.94 bits per heavy atom. The smallest absolute Gasteiger partial charge is 0.152 e. The fourth-order valence-electron chi connectivity index (χ4n) is 1.96. The number of ether oxygens (including phenoxy) is 1. The lowest BCUT2D eigenvalue weighted by Gasteiger charge is -2.14. The third-order valence-corrected chi connectivity index (χ3v) is 3.40. The van der Waals surface area contributed by atoms with Gasteiger partial charge in [0.25, 0.3) is 0 Å². The Kier molecular flexibility index (Phi) is 4.60. The molecule has 0 saturated carbocycles. The zero-order chi connectivity index (χ0) is 11.2. The number of hydrogen-bond acceptors (Lipinski definition) is 3. The van der Waals surface area contributed by atoms with Gasteiger partial charge in [0, 0.05) is 12.7 Å². The summed E-state index contributed by atoms with van der Waals surface area (Å²) in [4.78, 5) is 6.62. The number of aromatic nitrogens is 1. The second-order valence-electron chi connectivity index (χ2n) is 4.04. The van der Waals surface area contributed by atoms with Crippen molar-refractivity contribution in [2.45, 2.75) is 19.3 Å². The maximum atomic E-state index is 5.66. The number of hydrogen-bond donors (Lipinski definition) is 0. The van der Waals surface area contributed by atoms with Gasteiger partial charge < -0.3 is 9.64 Å². The van der Waals surface area contributed by atoms with Gasteiger partial charge in [0.15, 0.2) is 5.75 Å². The van der Waals surface area contributed by atoms with Crippen molar-refractivity contribution in [3.63, 3.8) is 0 Å². The van der Waals surface area contributed by atoms with Gasteiger partial charge >= 0.3 is 0 Å². The third kappa shape index (κ3) is 3.46. The maximum Gasteiger partial charge on any atom is 0.152 e. The van der Waals surface area contributed by atoms with Crippen LogP contribution in [-0.4, -0.2) is 36.1 Å². The predicted molar refractivity (Wildman–Crippen MR) is 67.7 cm³/mol. The highest BCUT2D eigenvalue weighted by Gasteiger charge is 2.10. The average Bonchev–Trinajstić information content (AvgIpc) is 2.79. The predicted octanol–water partition coefficient (Wildman–Crippen LogP) is 2.71. The number of likely N-dealkylation sites (tertiary alicyclic amines) is 1. The van der Waals surface area contributed by atoms with E-state index in [9.17, 15) is 0 Å². The highest BCUT2D eigenvalue weighted by Crippen LogP contribution is 2.21. The summed E-state index contributed by atoms with van der Waals surface area (Å²) in [6.45, 7) is 4.44. The van der Waals surface area contributed by atoms with Crippen LogP contribution in [-0.2, 0) is 0 Å². The summed E-state index contributed by atoms with van der Waals surface area (Å²) in [5.74, 6) is 0.837. The Hall–Kier alpha value is -0.610. The molecule has 2 rings (SSSR count). The van der Waals surface area contributed by atoms with E-state index >= 15 is 0 Å². The molecular formula is C12H17BrN2O. The van der Waals surface area contributed by atoms with Crippen molar-refractivity contribution < 1.29 is 4.74 Å². The molecule has 1 fully saturated rings. The van der Waals surface area contributed by atoms with E-state index in [0.29, 0.717) is 0 Å². The van der Waals surface area contributed by atoms with Crippen molar-refractivity contribution in [1.29, 1.82) is 0 Å². The van der Waals surface area contributed by atoms with Crippen LogP contribution in [0.4, 0.5) is 0 Å². The molecule has 0 bridgehead atoms. The van der Waals surface area contributed by atoms with Gasteiger partial charge in [-0.3, -0.25) is 0 Å². The first kappa shape index (κ1) is 11.9. The lowest BCUT2D eigenvalue weighted by atomic mass is 10.4. The molecule has 3 nitrogen and oxygen atoms in total. The number of halogens is 1. The average molecular weight is 285 g/mol. The summed E-state index contributed by atoms with van der Waals surface area (Å²) in [5, 5.41) is 0. The first-order chi connectivity index (χ1) is 7.86. The van der Waals surface area contributed by atoms with Gasteiger partial charge in [0.1, 0.15) is 4.60 Å². The van der Waals surface area contributed by atoms with Crippen LogP contribution < -0.4 is 4.74 Å². The molecule has 1 aliphatic heterocycles. The summed E-state index contributed by atoms with van der Waals surface area (Å²) < 4.78 is 6.45. The molecule has 88 valence electrons. The molecule has 0 spiro atoms. The second-order valence-corrected chi connectivity index (χ2v) is 4.79. The molecule has 0 unspecified atom stereocenters. The molecule has 0 aromatic carbocycles. The zero-order valence-corrected chi connectivity index (χ0v) is 10.9. The summed E-state index contributed by atoms with van der Waals surface area (Å²) in [6.07, 6.45) is 5.55. The molecule has 0 atom stereocenters. The van der Waals surface area contributed by atoms with Gasteiger partial charge in [-0.25, -0.2) is 4.98 Å². The van der Waals surface area contributed by atoms with E-state index in [1.165, 1.54) is 25.9 Å². The van der Waals surface area contributed by atoms with Crippen LogP contribution in [0.2, 0.25) is 0 Å². The molecule has 1 aromatic rings. The van der Waals surface area contributed by atoms with Crippen LogP contribution in [0.15, 0.2) is 22.9 Å². The van der Waals surface area contributed by atoms with Crippen LogP contribution >= 0.6 is 15.9 Å². The van der Waals surface area contributed by atoms with Gasteiger partial charge in [0.05, 0.1) is 6.61 Å². The van der Waals surface area contributed by atoms with E-state index < -0.39 is 0 Å². The standard InChI is InChI=1S/C12H17BrN2O/c13-12-11(5-3-6-14-12)16-10-4-9-15-7-1-2-8-15/h3,5-6H,1-2,4,7-10H2. The van der Waals surface area contributed by atoms with Crippen molar-refractivity contribution in [3.05, 3.63) is 22.9 Å². The van der Waals surface area contributed by atoms with Crippen molar-refractivity contribution in [2.75, 3.05) is 26.2 Å².